The van der Waals surface area contributed by atoms with Crippen molar-refractivity contribution in [3.63, 3.8) is 0 Å². The molecule has 0 aliphatic rings. The highest BCUT2D eigenvalue weighted by molar-refractivity contribution is 6.20. The van der Waals surface area contributed by atoms with Crippen molar-refractivity contribution in [2.45, 2.75) is 32.1 Å². The third kappa shape index (κ3) is 4.12. The summed E-state index contributed by atoms with van der Waals surface area (Å²) >= 11 is 6.24. The number of rotatable bonds is 6. The van der Waals surface area contributed by atoms with Gasteiger partial charge in [0, 0.05) is 5.38 Å². The summed E-state index contributed by atoms with van der Waals surface area (Å²) in [7, 11) is 3.30. The highest BCUT2D eigenvalue weighted by Crippen LogP contribution is 2.28. The van der Waals surface area contributed by atoms with Gasteiger partial charge in [-0.05, 0) is 36.5 Å². The van der Waals surface area contributed by atoms with Crippen molar-refractivity contribution < 1.29 is 9.47 Å². The Morgan fingerprint density at radius 1 is 1.12 bits per heavy atom. The molecule has 1 aromatic rings. The molecular formula is C14H21ClO2. The van der Waals surface area contributed by atoms with E-state index in [0.717, 1.165) is 24.3 Å². The minimum atomic E-state index is 0.225. The zero-order valence-electron chi connectivity index (χ0n) is 11.0. The number of methoxy groups -OCH3 is 2. The number of halogens is 1. The highest BCUT2D eigenvalue weighted by Gasteiger charge is 2.10. The fourth-order valence-corrected chi connectivity index (χ4v) is 1.78. The Balaban J connectivity index is 2.66. The second kappa shape index (κ2) is 6.75. The lowest BCUT2D eigenvalue weighted by Gasteiger charge is -2.14. The molecule has 3 heteroatoms. The predicted octanol–water partition coefficient (Wildman–Crippen LogP) is 3.90. The number of ether oxygens (including phenoxy) is 2. The molecule has 1 aromatic carbocycles. The lowest BCUT2D eigenvalue weighted by molar-refractivity contribution is 0.354. The summed E-state index contributed by atoms with van der Waals surface area (Å²) in [5.74, 6) is 2.06. The molecule has 0 aliphatic carbocycles. The largest absolute Gasteiger partial charge is 0.493 e. The molecule has 0 aliphatic heterocycles. The zero-order chi connectivity index (χ0) is 12.8. The second-order valence-electron chi connectivity index (χ2n) is 4.49. The van der Waals surface area contributed by atoms with Crippen LogP contribution >= 0.6 is 11.6 Å². The van der Waals surface area contributed by atoms with E-state index < -0.39 is 0 Å². The quantitative estimate of drug-likeness (QED) is 0.719. The maximum atomic E-state index is 6.24. The third-order valence-electron chi connectivity index (χ3n) is 2.88. The van der Waals surface area contributed by atoms with Gasteiger partial charge in [0.05, 0.1) is 14.2 Å². The molecular weight excluding hydrogens is 236 g/mol. The minimum absolute atomic E-state index is 0.225. The summed E-state index contributed by atoms with van der Waals surface area (Å²) in [5.41, 5.74) is 1.23. The monoisotopic (exact) mass is 256 g/mol. The molecule has 1 atom stereocenters. The predicted molar refractivity (Wildman–Crippen MR) is 72.3 cm³/mol. The summed E-state index contributed by atoms with van der Waals surface area (Å²) in [6.07, 6.45) is 1.95. The normalized spacial score (nSPS) is 12.6. The molecule has 2 nitrogen and oxygen atoms in total. The SMILES string of the molecule is COc1ccc(CCC(Cl)C(C)C)cc1OC. The molecule has 0 aromatic heterocycles. The van der Waals surface area contributed by atoms with E-state index in [1.165, 1.54) is 5.56 Å². The van der Waals surface area contributed by atoms with Gasteiger partial charge in [-0.15, -0.1) is 11.6 Å². The Morgan fingerprint density at radius 2 is 1.76 bits per heavy atom. The van der Waals surface area contributed by atoms with E-state index in [9.17, 15) is 0 Å². The summed E-state index contributed by atoms with van der Waals surface area (Å²) in [5, 5.41) is 0.225. The topological polar surface area (TPSA) is 18.5 Å². The molecule has 0 bridgehead atoms. The van der Waals surface area contributed by atoms with Crippen molar-refractivity contribution in [3.05, 3.63) is 23.8 Å². The van der Waals surface area contributed by atoms with Crippen LogP contribution in [-0.2, 0) is 6.42 Å². The van der Waals surface area contributed by atoms with Crippen LogP contribution < -0.4 is 9.47 Å². The molecule has 0 spiro atoms. The van der Waals surface area contributed by atoms with Gasteiger partial charge in [0.2, 0.25) is 0 Å². The zero-order valence-corrected chi connectivity index (χ0v) is 11.8. The Labute approximate surface area is 109 Å². The summed E-state index contributed by atoms with van der Waals surface area (Å²) in [6.45, 7) is 4.29. The summed E-state index contributed by atoms with van der Waals surface area (Å²) in [4.78, 5) is 0. The average molecular weight is 257 g/mol. The van der Waals surface area contributed by atoms with Crippen molar-refractivity contribution in [3.8, 4) is 11.5 Å². The van der Waals surface area contributed by atoms with Crippen LogP contribution in [0.1, 0.15) is 25.8 Å². The number of benzene rings is 1. The first-order valence-corrected chi connectivity index (χ1v) is 6.37. The number of aryl methyl sites for hydroxylation is 1. The van der Waals surface area contributed by atoms with Crippen LogP contribution in [0.3, 0.4) is 0 Å². The molecule has 96 valence electrons. The van der Waals surface area contributed by atoms with Crippen molar-refractivity contribution in [1.82, 2.24) is 0 Å². The van der Waals surface area contributed by atoms with Gasteiger partial charge in [-0.25, -0.2) is 0 Å². The van der Waals surface area contributed by atoms with E-state index in [2.05, 4.69) is 19.9 Å². The molecule has 1 unspecified atom stereocenters. The second-order valence-corrected chi connectivity index (χ2v) is 5.05. The molecule has 0 fully saturated rings. The van der Waals surface area contributed by atoms with Gasteiger partial charge in [0.25, 0.3) is 0 Å². The summed E-state index contributed by atoms with van der Waals surface area (Å²) < 4.78 is 10.5. The molecule has 1 rings (SSSR count). The molecule has 0 amide bonds. The minimum Gasteiger partial charge on any atom is -0.493 e. The molecule has 0 saturated heterocycles. The van der Waals surface area contributed by atoms with E-state index in [0.29, 0.717) is 5.92 Å². The third-order valence-corrected chi connectivity index (χ3v) is 3.60. The number of hydrogen-bond donors (Lipinski definition) is 0. The van der Waals surface area contributed by atoms with Crippen molar-refractivity contribution in [2.75, 3.05) is 14.2 Å². The van der Waals surface area contributed by atoms with E-state index in [-0.39, 0.29) is 5.38 Å². The Morgan fingerprint density at radius 3 is 2.29 bits per heavy atom. The van der Waals surface area contributed by atoms with Crippen LogP contribution in [0.2, 0.25) is 0 Å². The van der Waals surface area contributed by atoms with Gasteiger partial charge < -0.3 is 9.47 Å². The molecule has 0 heterocycles. The van der Waals surface area contributed by atoms with Crippen LogP contribution in [-0.4, -0.2) is 19.6 Å². The highest BCUT2D eigenvalue weighted by atomic mass is 35.5. The average Bonchev–Trinajstić information content (AvgIpc) is 2.35. The molecule has 0 N–H and O–H groups in total. The van der Waals surface area contributed by atoms with Crippen molar-refractivity contribution >= 4 is 11.6 Å². The fraction of sp³-hybridized carbons (Fsp3) is 0.571. The molecule has 0 radical (unpaired) electrons. The van der Waals surface area contributed by atoms with E-state index in [4.69, 9.17) is 21.1 Å². The van der Waals surface area contributed by atoms with Crippen LogP contribution in [0.5, 0.6) is 11.5 Å². The Kier molecular flexibility index (Phi) is 5.63. The van der Waals surface area contributed by atoms with Gasteiger partial charge in [0.1, 0.15) is 0 Å². The first-order valence-electron chi connectivity index (χ1n) is 5.93. The Bertz CT molecular complexity index is 350. The van der Waals surface area contributed by atoms with E-state index >= 15 is 0 Å². The standard InChI is InChI=1S/C14H21ClO2/c1-10(2)12(15)7-5-11-6-8-13(16-3)14(9-11)17-4/h6,8-10,12H,5,7H2,1-4H3. The van der Waals surface area contributed by atoms with Crippen LogP contribution in [0.4, 0.5) is 0 Å². The number of alkyl halides is 1. The van der Waals surface area contributed by atoms with Crippen LogP contribution in [0.15, 0.2) is 18.2 Å². The van der Waals surface area contributed by atoms with Gasteiger partial charge in [0.15, 0.2) is 11.5 Å². The maximum absolute atomic E-state index is 6.24. The number of hydrogen-bond acceptors (Lipinski definition) is 2. The van der Waals surface area contributed by atoms with Gasteiger partial charge in [-0.1, -0.05) is 19.9 Å². The molecule has 17 heavy (non-hydrogen) atoms. The van der Waals surface area contributed by atoms with Gasteiger partial charge in [-0.3, -0.25) is 0 Å². The lowest BCUT2D eigenvalue weighted by Crippen LogP contribution is -2.08. The maximum Gasteiger partial charge on any atom is 0.160 e. The molecule has 0 saturated carbocycles. The first-order chi connectivity index (χ1) is 8.08. The fourth-order valence-electron chi connectivity index (χ4n) is 1.67. The smallest absolute Gasteiger partial charge is 0.160 e. The van der Waals surface area contributed by atoms with E-state index in [1.54, 1.807) is 14.2 Å². The van der Waals surface area contributed by atoms with Crippen molar-refractivity contribution in [2.24, 2.45) is 5.92 Å². The van der Waals surface area contributed by atoms with E-state index in [1.807, 2.05) is 12.1 Å². The van der Waals surface area contributed by atoms with Crippen molar-refractivity contribution in [1.29, 1.82) is 0 Å². The lowest BCUT2D eigenvalue weighted by atomic mass is 10.0. The van der Waals surface area contributed by atoms with Crippen LogP contribution in [0.25, 0.3) is 0 Å². The first kappa shape index (κ1) is 14.2. The van der Waals surface area contributed by atoms with Gasteiger partial charge >= 0.3 is 0 Å². The van der Waals surface area contributed by atoms with Crippen LogP contribution in [0, 0.1) is 5.92 Å². The summed E-state index contributed by atoms with van der Waals surface area (Å²) in [6, 6.07) is 6.01. The Hall–Kier alpha value is -0.890. The van der Waals surface area contributed by atoms with Gasteiger partial charge in [-0.2, -0.15) is 0 Å².